The van der Waals surface area contributed by atoms with Gasteiger partial charge in [-0.25, -0.2) is 9.97 Å². The molecule has 31 heavy (non-hydrogen) atoms. The van der Waals surface area contributed by atoms with E-state index in [-0.39, 0.29) is 0 Å². The van der Waals surface area contributed by atoms with Gasteiger partial charge in [-0.1, -0.05) is 77.9 Å². The highest BCUT2D eigenvalue weighted by molar-refractivity contribution is 6.02. The molecule has 0 radical (unpaired) electrons. The highest BCUT2D eigenvalue weighted by Gasteiger charge is 2.17. The van der Waals surface area contributed by atoms with Crippen molar-refractivity contribution in [1.29, 1.82) is 0 Å². The number of hydrogen-bond donors (Lipinski definition) is 1. The Kier molecular flexibility index (Phi) is 4.97. The molecule has 0 aliphatic carbocycles. The quantitative estimate of drug-likeness (QED) is 0.373. The zero-order valence-corrected chi connectivity index (χ0v) is 17.7. The molecule has 5 rings (SSSR count). The van der Waals surface area contributed by atoms with Crippen LogP contribution in [0.25, 0.3) is 27.8 Å². The van der Waals surface area contributed by atoms with Gasteiger partial charge in [-0.2, -0.15) is 0 Å². The second-order valence-electron chi connectivity index (χ2n) is 7.87. The van der Waals surface area contributed by atoms with Gasteiger partial charge in [0.2, 0.25) is 0 Å². The lowest BCUT2D eigenvalue weighted by molar-refractivity contribution is 1.06. The third kappa shape index (κ3) is 3.80. The standard InChI is InChI=1S/C27H24N4/c1-19-8-12-21(13-9-19)16-28-26-25-24(22-6-4-3-5-7-22)17-31(27(25)30-18-29-26)23-14-10-20(2)11-15-23/h3-15,17-18H,16H2,1-2H3,(H,28,29,30). The SMILES string of the molecule is Cc1ccc(CNc2ncnc3c2c(-c2ccccc2)cn3-c2ccc(C)cc2)cc1. The van der Waals surface area contributed by atoms with Crippen molar-refractivity contribution >= 4 is 16.9 Å². The van der Waals surface area contributed by atoms with Crippen LogP contribution in [0.2, 0.25) is 0 Å². The van der Waals surface area contributed by atoms with Crippen molar-refractivity contribution < 1.29 is 0 Å². The van der Waals surface area contributed by atoms with Gasteiger partial charge in [0, 0.05) is 24.0 Å². The number of aromatic nitrogens is 3. The maximum absolute atomic E-state index is 4.67. The molecule has 0 amide bonds. The van der Waals surface area contributed by atoms with E-state index in [4.69, 9.17) is 0 Å². The predicted molar refractivity (Wildman–Crippen MR) is 128 cm³/mol. The number of nitrogens with zero attached hydrogens (tertiary/aromatic N) is 3. The van der Waals surface area contributed by atoms with E-state index in [1.54, 1.807) is 6.33 Å². The summed E-state index contributed by atoms with van der Waals surface area (Å²) in [7, 11) is 0. The molecule has 4 heteroatoms. The van der Waals surface area contributed by atoms with Crippen LogP contribution in [0, 0.1) is 13.8 Å². The number of anilines is 1. The van der Waals surface area contributed by atoms with Gasteiger partial charge in [-0.05, 0) is 37.1 Å². The molecular weight excluding hydrogens is 380 g/mol. The first-order chi connectivity index (χ1) is 15.2. The van der Waals surface area contributed by atoms with E-state index in [1.807, 2.05) is 6.07 Å². The van der Waals surface area contributed by atoms with Gasteiger partial charge in [0.25, 0.3) is 0 Å². The normalized spacial score (nSPS) is 11.0. The van der Waals surface area contributed by atoms with E-state index >= 15 is 0 Å². The summed E-state index contributed by atoms with van der Waals surface area (Å²) in [6, 6.07) is 27.5. The number of fused-ring (bicyclic) bond motifs is 1. The lowest BCUT2D eigenvalue weighted by Gasteiger charge is -2.09. The lowest BCUT2D eigenvalue weighted by Crippen LogP contribution is -2.03. The van der Waals surface area contributed by atoms with E-state index in [0.717, 1.165) is 33.7 Å². The lowest BCUT2D eigenvalue weighted by atomic mass is 10.1. The first kappa shape index (κ1) is 19.1. The second kappa shape index (κ2) is 8.07. The summed E-state index contributed by atoms with van der Waals surface area (Å²) >= 11 is 0. The minimum atomic E-state index is 0.705. The zero-order chi connectivity index (χ0) is 21.2. The topological polar surface area (TPSA) is 42.7 Å². The molecule has 0 atom stereocenters. The molecule has 0 unspecified atom stereocenters. The molecule has 5 aromatic rings. The van der Waals surface area contributed by atoms with Crippen LogP contribution in [-0.4, -0.2) is 14.5 Å². The van der Waals surface area contributed by atoms with Crippen molar-refractivity contribution in [2.45, 2.75) is 20.4 Å². The van der Waals surface area contributed by atoms with Gasteiger partial charge >= 0.3 is 0 Å². The number of aryl methyl sites for hydroxylation is 2. The molecule has 0 saturated heterocycles. The smallest absolute Gasteiger partial charge is 0.150 e. The highest BCUT2D eigenvalue weighted by atomic mass is 15.1. The van der Waals surface area contributed by atoms with E-state index in [2.05, 4.69) is 113 Å². The predicted octanol–water partition coefficient (Wildman–Crippen LogP) is 6.32. The van der Waals surface area contributed by atoms with Crippen molar-refractivity contribution in [1.82, 2.24) is 14.5 Å². The fourth-order valence-electron chi connectivity index (χ4n) is 3.83. The van der Waals surface area contributed by atoms with E-state index in [1.165, 1.54) is 16.7 Å². The Bertz CT molecular complexity index is 1320. The Morgan fingerprint density at radius 1 is 0.774 bits per heavy atom. The van der Waals surface area contributed by atoms with Crippen LogP contribution in [0.1, 0.15) is 16.7 Å². The molecule has 4 nitrogen and oxygen atoms in total. The Hall–Kier alpha value is -3.92. The Balaban J connectivity index is 1.64. The largest absolute Gasteiger partial charge is 0.365 e. The molecule has 0 spiro atoms. The maximum Gasteiger partial charge on any atom is 0.150 e. The van der Waals surface area contributed by atoms with Crippen molar-refractivity contribution in [3.8, 4) is 16.8 Å². The summed E-state index contributed by atoms with van der Waals surface area (Å²) in [5.74, 6) is 0.843. The summed E-state index contributed by atoms with van der Waals surface area (Å²) < 4.78 is 2.15. The highest BCUT2D eigenvalue weighted by Crippen LogP contribution is 2.35. The van der Waals surface area contributed by atoms with Crippen LogP contribution in [0.3, 0.4) is 0 Å². The number of nitrogens with one attached hydrogen (secondary N) is 1. The monoisotopic (exact) mass is 404 g/mol. The number of hydrogen-bond acceptors (Lipinski definition) is 3. The van der Waals surface area contributed by atoms with Crippen molar-refractivity contribution in [2.24, 2.45) is 0 Å². The van der Waals surface area contributed by atoms with Crippen LogP contribution < -0.4 is 5.32 Å². The fraction of sp³-hybridized carbons (Fsp3) is 0.111. The summed E-state index contributed by atoms with van der Waals surface area (Å²) in [6.45, 7) is 4.91. The van der Waals surface area contributed by atoms with Crippen LogP contribution in [-0.2, 0) is 6.54 Å². The number of benzene rings is 3. The first-order valence-corrected chi connectivity index (χ1v) is 10.5. The van der Waals surface area contributed by atoms with Gasteiger partial charge in [-0.15, -0.1) is 0 Å². The van der Waals surface area contributed by atoms with Crippen LogP contribution in [0.5, 0.6) is 0 Å². The third-order valence-electron chi connectivity index (χ3n) is 5.56. The van der Waals surface area contributed by atoms with Gasteiger partial charge in [-0.3, -0.25) is 0 Å². The third-order valence-corrected chi connectivity index (χ3v) is 5.56. The molecule has 152 valence electrons. The van der Waals surface area contributed by atoms with Crippen molar-refractivity contribution in [3.63, 3.8) is 0 Å². The van der Waals surface area contributed by atoms with Crippen LogP contribution >= 0.6 is 0 Å². The first-order valence-electron chi connectivity index (χ1n) is 10.5. The molecule has 0 aliphatic heterocycles. The minimum Gasteiger partial charge on any atom is -0.365 e. The second-order valence-corrected chi connectivity index (χ2v) is 7.87. The minimum absolute atomic E-state index is 0.705. The summed E-state index contributed by atoms with van der Waals surface area (Å²) in [4.78, 5) is 9.28. The molecule has 0 bridgehead atoms. The molecule has 2 aromatic heterocycles. The average molecular weight is 405 g/mol. The fourth-order valence-corrected chi connectivity index (χ4v) is 3.83. The van der Waals surface area contributed by atoms with Gasteiger partial charge < -0.3 is 9.88 Å². The van der Waals surface area contributed by atoms with E-state index in [0.29, 0.717) is 6.54 Å². The summed E-state index contributed by atoms with van der Waals surface area (Å²) in [5, 5.41) is 4.57. The maximum atomic E-state index is 4.67. The van der Waals surface area contributed by atoms with E-state index < -0.39 is 0 Å². The Labute approximate surface area is 182 Å². The molecule has 0 fully saturated rings. The number of rotatable bonds is 5. The van der Waals surface area contributed by atoms with Gasteiger partial charge in [0.05, 0.1) is 5.39 Å². The molecule has 0 aliphatic rings. The zero-order valence-electron chi connectivity index (χ0n) is 17.7. The molecule has 2 heterocycles. The van der Waals surface area contributed by atoms with Crippen molar-refractivity contribution in [2.75, 3.05) is 5.32 Å². The Morgan fingerprint density at radius 2 is 1.45 bits per heavy atom. The molecule has 1 N–H and O–H groups in total. The molecule has 3 aromatic carbocycles. The Morgan fingerprint density at radius 3 is 2.16 bits per heavy atom. The summed E-state index contributed by atoms with van der Waals surface area (Å²) in [5.41, 5.74) is 7.95. The molecular formula is C27H24N4. The van der Waals surface area contributed by atoms with Crippen LogP contribution in [0.4, 0.5) is 5.82 Å². The van der Waals surface area contributed by atoms with E-state index in [9.17, 15) is 0 Å². The van der Waals surface area contributed by atoms with Crippen LogP contribution in [0.15, 0.2) is 91.4 Å². The van der Waals surface area contributed by atoms with Crippen molar-refractivity contribution in [3.05, 3.63) is 108 Å². The summed E-state index contributed by atoms with van der Waals surface area (Å²) in [6.07, 6.45) is 3.80. The molecule has 0 saturated carbocycles. The van der Waals surface area contributed by atoms with Gasteiger partial charge in [0.15, 0.2) is 5.65 Å². The van der Waals surface area contributed by atoms with Gasteiger partial charge in [0.1, 0.15) is 12.1 Å². The average Bonchev–Trinajstić information content (AvgIpc) is 3.20.